The molecule has 3 rings (SSSR count). The minimum absolute atomic E-state index is 0.00753. The van der Waals surface area contributed by atoms with Crippen molar-refractivity contribution in [3.05, 3.63) is 66.0 Å². The Bertz CT molecular complexity index is 810. The number of nitrogens with one attached hydrogen (secondary N) is 2. The molecule has 0 unspecified atom stereocenters. The molecule has 2 atom stereocenters. The van der Waals surface area contributed by atoms with Crippen LogP contribution in [0.15, 0.2) is 54.7 Å². The summed E-state index contributed by atoms with van der Waals surface area (Å²) in [5.74, 6) is -0.277. The number of carbonyl (C=O) groups excluding carboxylic acids is 2. The Kier molecular flexibility index (Phi) is 6.86. The molecule has 0 saturated carbocycles. The maximum Gasteiger partial charge on any atom is 0.272 e. The van der Waals surface area contributed by atoms with Crippen molar-refractivity contribution in [2.75, 3.05) is 19.6 Å². The zero-order valence-electron chi connectivity index (χ0n) is 15.9. The quantitative estimate of drug-likeness (QED) is 0.761. The van der Waals surface area contributed by atoms with E-state index in [-0.39, 0.29) is 29.6 Å². The fourth-order valence-electron chi connectivity index (χ4n) is 3.34. The van der Waals surface area contributed by atoms with Gasteiger partial charge in [0, 0.05) is 31.9 Å². The molecule has 1 aliphatic rings. The lowest BCUT2D eigenvalue weighted by molar-refractivity contribution is -0.125. The van der Waals surface area contributed by atoms with E-state index < -0.39 is 0 Å². The third-order valence-corrected chi connectivity index (χ3v) is 4.65. The van der Waals surface area contributed by atoms with Gasteiger partial charge >= 0.3 is 0 Å². The van der Waals surface area contributed by atoms with Crippen molar-refractivity contribution in [3.8, 4) is 0 Å². The number of benzene rings is 1. The van der Waals surface area contributed by atoms with Crippen LogP contribution in [0.4, 0.5) is 0 Å². The van der Waals surface area contributed by atoms with Gasteiger partial charge in [-0.3, -0.25) is 14.5 Å². The average molecular weight is 379 g/mol. The Labute approximate surface area is 164 Å². The average Bonchev–Trinajstić information content (AvgIpc) is 3.12. The number of rotatable bonds is 7. The van der Waals surface area contributed by atoms with Crippen molar-refractivity contribution < 1.29 is 9.59 Å². The first-order chi connectivity index (χ1) is 13.7. The van der Waals surface area contributed by atoms with Crippen LogP contribution in [0.1, 0.15) is 29.4 Å². The zero-order chi connectivity index (χ0) is 19.8. The van der Waals surface area contributed by atoms with Gasteiger partial charge in [-0.25, -0.2) is 0 Å². The molecule has 1 aromatic carbocycles. The molecule has 28 heavy (non-hydrogen) atoms. The topological polar surface area (TPSA) is 87.2 Å². The van der Waals surface area contributed by atoms with Crippen molar-refractivity contribution in [1.82, 2.24) is 25.7 Å². The van der Waals surface area contributed by atoms with Gasteiger partial charge in [-0.15, -0.1) is 5.10 Å². The molecule has 1 fully saturated rings. The highest BCUT2D eigenvalue weighted by Gasteiger charge is 2.36. The maximum atomic E-state index is 12.5. The Balaban J connectivity index is 1.64. The van der Waals surface area contributed by atoms with Crippen LogP contribution in [0.2, 0.25) is 0 Å². The minimum Gasteiger partial charge on any atom is -0.355 e. The molecule has 0 bridgehead atoms. The first kappa shape index (κ1) is 19.7. The Hall–Kier alpha value is -3.06. The van der Waals surface area contributed by atoms with Crippen molar-refractivity contribution in [1.29, 1.82) is 0 Å². The molecular weight excluding hydrogens is 354 g/mol. The van der Waals surface area contributed by atoms with E-state index in [0.29, 0.717) is 26.1 Å². The number of hydrogen-bond acceptors (Lipinski definition) is 5. The summed E-state index contributed by atoms with van der Waals surface area (Å²) in [7, 11) is 0. The molecule has 1 aromatic heterocycles. The number of carbonyl (C=O) groups is 2. The molecule has 0 radical (unpaired) electrons. The van der Waals surface area contributed by atoms with Gasteiger partial charge in [-0.05, 0) is 31.0 Å². The first-order valence-electron chi connectivity index (χ1n) is 9.49. The van der Waals surface area contributed by atoms with Crippen molar-refractivity contribution in [3.63, 3.8) is 0 Å². The number of nitrogens with zero attached hydrogens (tertiary/aromatic N) is 3. The molecule has 2 amide bonds. The number of amides is 2. The molecule has 0 spiro atoms. The molecule has 7 nitrogen and oxygen atoms in total. The van der Waals surface area contributed by atoms with E-state index in [1.807, 2.05) is 43.3 Å². The molecular formula is C21H25N5O2. The summed E-state index contributed by atoms with van der Waals surface area (Å²) in [5, 5.41) is 13.4. The van der Waals surface area contributed by atoms with Crippen molar-refractivity contribution in [2.45, 2.75) is 25.4 Å². The third-order valence-electron chi connectivity index (χ3n) is 4.65. The van der Waals surface area contributed by atoms with Gasteiger partial charge in [0.15, 0.2) is 5.69 Å². The van der Waals surface area contributed by atoms with Crippen LogP contribution in [-0.4, -0.2) is 58.6 Å². The van der Waals surface area contributed by atoms with Crippen molar-refractivity contribution in [2.24, 2.45) is 0 Å². The molecule has 146 valence electrons. The van der Waals surface area contributed by atoms with Gasteiger partial charge in [0.05, 0.1) is 6.04 Å². The summed E-state index contributed by atoms with van der Waals surface area (Å²) < 4.78 is 0. The van der Waals surface area contributed by atoms with Gasteiger partial charge in [0.2, 0.25) is 5.91 Å². The number of likely N-dealkylation sites (tertiary alicyclic amines) is 1. The van der Waals surface area contributed by atoms with Gasteiger partial charge in [0.1, 0.15) is 0 Å². The second kappa shape index (κ2) is 9.75. The minimum atomic E-state index is -0.271. The Morgan fingerprint density at radius 3 is 2.75 bits per heavy atom. The fraction of sp³-hybridized carbons (Fsp3) is 0.333. The van der Waals surface area contributed by atoms with E-state index in [0.717, 1.165) is 5.56 Å². The number of likely N-dealkylation sites (N-methyl/N-ethyl adjacent to an activating group) is 1. The SMILES string of the molecule is CCNC(=O)[C@@H]1C[C@@H](NC(=O)c2cccnn2)CN1C/C=C/c1ccccc1. The summed E-state index contributed by atoms with van der Waals surface area (Å²) in [6.07, 6.45) is 6.18. The number of hydrogen-bond donors (Lipinski definition) is 2. The molecule has 1 saturated heterocycles. The van der Waals surface area contributed by atoms with Crippen LogP contribution < -0.4 is 10.6 Å². The van der Waals surface area contributed by atoms with Crippen LogP contribution >= 0.6 is 0 Å². The largest absolute Gasteiger partial charge is 0.355 e. The van der Waals surface area contributed by atoms with Crippen molar-refractivity contribution >= 4 is 17.9 Å². The molecule has 1 aliphatic heterocycles. The second-order valence-corrected chi connectivity index (χ2v) is 6.69. The normalized spacial score (nSPS) is 19.6. The Morgan fingerprint density at radius 1 is 1.21 bits per heavy atom. The molecule has 0 aliphatic carbocycles. The van der Waals surface area contributed by atoms with Gasteiger partial charge in [-0.1, -0.05) is 42.5 Å². The maximum absolute atomic E-state index is 12.5. The molecule has 2 N–H and O–H groups in total. The highest BCUT2D eigenvalue weighted by Crippen LogP contribution is 2.19. The highest BCUT2D eigenvalue weighted by molar-refractivity contribution is 5.92. The smallest absolute Gasteiger partial charge is 0.272 e. The van der Waals surface area contributed by atoms with E-state index in [4.69, 9.17) is 0 Å². The lowest BCUT2D eigenvalue weighted by Gasteiger charge is -2.21. The summed E-state index contributed by atoms with van der Waals surface area (Å²) >= 11 is 0. The monoisotopic (exact) mass is 379 g/mol. The van der Waals surface area contributed by atoms with Crippen LogP contribution in [0.5, 0.6) is 0 Å². The van der Waals surface area contributed by atoms with Gasteiger partial charge < -0.3 is 10.6 Å². The summed E-state index contributed by atoms with van der Waals surface area (Å²) in [5.41, 5.74) is 1.39. The van der Waals surface area contributed by atoms with E-state index in [1.165, 1.54) is 6.20 Å². The molecule has 2 heterocycles. The van der Waals surface area contributed by atoms with Gasteiger partial charge in [0.25, 0.3) is 5.91 Å². The standard InChI is InChI=1S/C21H25N5O2/c1-2-22-21(28)19-14-17(24-20(27)18-11-6-12-23-25-18)15-26(19)13-7-10-16-8-4-3-5-9-16/h3-12,17,19H,2,13-15H2,1H3,(H,22,28)(H,24,27)/b10-7+/t17-,19+/m1/s1. The summed E-state index contributed by atoms with van der Waals surface area (Å²) in [6, 6.07) is 12.9. The van der Waals surface area contributed by atoms with E-state index in [2.05, 4.69) is 31.8 Å². The lowest BCUT2D eigenvalue weighted by Crippen LogP contribution is -2.43. The van der Waals surface area contributed by atoms with E-state index in [1.54, 1.807) is 12.1 Å². The van der Waals surface area contributed by atoms with E-state index in [9.17, 15) is 9.59 Å². The molecule has 2 aromatic rings. The molecule has 7 heteroatoms. The predicted octanol–water partition coefficient (Wildman–Crippen LogP) is 1.50. The number of aromatic nitrogens is 2. The second-order valence-electron chi connectivity index (χ2n) is 6.69. The third kappa shape index (κ3) is 5.23. The summed E-state index contributed by atoms with van der Waals surface area (Å²) in [6.45, 7) is 3.72. The van der Waals surface area contributed by atoms with E-state index >= 15 is 0 Å². The highest BCUT2D eigenvalue weighted by atomic mass is 16.2. The van der Waals surface area contributed by atoms with Crippen LogP contribution in [0, 0.1) is 0 Å². The lowest BCUT2D eigenvalue weighted by atomic mass is 10.1. The zero-order valence-corrected chi connectivity index (χ0v) is 15.9. The van der Waals surface area contributed by atoms with Crippen LogP contribution in [-0.2, 0) is 4.79 Å². The predicted molar refractivity (Wildman–Crippen MR) is 107 cm³/mol. The van der Waals surface area contributed by atoms with Crippen LogP contribution in [0.25, 0.3) is 6.08 Å². The van der Waals surface area contributed by atoms with Gasteiger partial charge in [-0.2, -0.15) is 5.10 Å². The Morgan fingerprint density at radius 2 is 2.04 bits per heavy atom. The first-order valence-corrected chi connectivity index (χ1v) is 9.49. The summed E-state index contributed by atoms with van der Waals surface area (Å²) in [4.78, 5) is 26.9. The van der Waals surface area contributed by atoms with Crippen LogP contribution in [0.3, 0.4) is 0 Å². The fourth-order valence-corrected chi connectivity index (χ4v) is 3.34.